The lowest BCUT2D eigenvalue weighted by Gasteiger charge is -2.07. The van der Waals surface area contributed by atoms with Gasteiger partial charge in [-0.05, 0) is 37.1 Å². The number of benzene rings is 2. The lowest BCUT2D eigenvalue weighted by atomic mass is 10.2. The molecule has 2 N–H and O–H groups in total. The highest BCUT2D eigenvalue weighted by Crippen LogP contribution is 2.08. The zero-order valence-electron chi connectivity index (χ0n) is 12.0. The molecule has 0 aromatic heterocycles. The average Bonchev–Trinajstić information content (AvgIpc) is 2.52. The number of rotatable bonds is 9. The van der Waals surface area contributed by atoms with Gasteiger partial charge in [0.2, 0.25) is 0 Å². The van der Waals surface area contributed by atoms with Crippen molar-refractivity contribution in [1.29, 1.82) is 0 Å². The lowest BCUT2D eigenvalue weighted by Crippen LogP contribution is -2.03. The zero-order chi connectivity index (χ0) is 13.9. The van der Waals surface area contributed by atoms with Gasteiger partial charge in [-0.15, -0.1) is 0 Å². The number of para-hydroxylation sites is 2. The maximum absolute atomic E-state index is 3.45. The topological polar surface area (TPSA) is 24.1 Å². The van der Waals surface area contributed by atoms with Gasteiger partial charge in [0.05, 0.1) is 0 Å². The van der Waals surface area contributed by atoms with E-state index in [1.165, 1.54) is 37.1 Å². The van der Waals surface area contributed by atoms with E-state index in [9.17, 15) is 0 Å². The van der Waals surface area contributed by atoms with Gasteiger partial charge in [-0.3, -0.25) is 0 Å². The molecule has 0 aliphatic heterocycles. The Morgan fingerprint density at radius 1 is 0.500 bits per heavy atom. The van der Waals surface area contributed by atoms with Crippen LogP contribution in [0, 0.1) is 0 Å². The maximum atomic E-state index is 3.45. The van der Waals surface area contributed by atoms with Crippen molar-refractivity contribution in [2.45, 2.75) is 25.7 Å². The molecule has 0 aliphatic rings. The third-order valence-corrected chi connectivity index (χ3v) is 3.31. The summed E-state index contributed by atoms with van der Waals surface area (Å²) in [6.07, 6.45) is 5.05. The van der Waals surface area contributed by atoms with Gasteiger partial charge in [-0.1, -0.05) is 49.2 Å². The minimum Gasteiger partial charge on any atom is -0.385 e. The van der Waals surface area contributed by atoms with E-state index in [1.807, 2.05) is 12.1 Å². The van der Waals surface area contributed by atoms with E-state index in [0.29, 0.717) is 0 Å². The normalized spacial score (nSPS) is 10.2. The van der Waals surface area contributed by atoms with E-state index in [-0.39, 0.29) is 0 Å². The standard InChI is InChI=1S/C18H24N2/c1(9-15-19-17-11-5-3-6-12-17)2-10-16-20-18-13-7-4-8-14-18/h3-8,11-14,19-20H,1-2,9-10,15-16H2. The van der Waals surface area contributed by atoms with Crippen molar-refractivity contribution in [1.82, 2.24) is 0 Å². The highest BCUT2D eigenvalue weighted by molar-refractivity contribution is 5.42. The van der Waals surface area contributed by atoms with Crippen LogP contribution in [0.3, 0.4) is 0 Å². The van der Waals surface area contributed by atoms with Gasteiger partial charge >= 0.3 is 0 Å². The number of hydrogen-bond acceptors (Lipinski definition) is 2. The highest BCUT2D eigenvalue weighted by atomic mass is 14.9. The fourth-order valence-corrected chi connectivity index (χ4v) is 2.18. The molecule has 0 fully saturated rings. The molecule has 0 unspecified atom stereocenters. The monoisotopic (exact) mass is 268 g/mol. The van der Waals surface area contributed by atoms with Gasteiger partial charge in [-0.25, -0.2) is 0 Å². The Labute approximate surface area is 122 Å². The van der Waals surface area contributed by atoms with Crippen LogP contribution in [0.2, 0.25) is 0 Å². The van der Waals surface area contributed by atoms with Gasteiger partial charge in [0.15, 0.2) is 0 Å². The molecule has 0 saturated heterocycles. The van der Waals surface area contributed by atoms with Crippen LogP contribution in [0.5, 0.6) is 0 Å². The molecule has 0 atom stereocenters. The molecule has 2 aromatic rings. The van der Waals surface area contributed by atoms with Crippen LogP contribution in [-0.2, 0) is 0 Å². The van der Waals surface area contributed by atoms with E-state index < -0.39 is 0 Å². The summed E-state index contributed by atoms with van der Waals surface area (Å²) in [5.74, 6) is 0. The summed E-state index contributed by atoms with van der Waals surface area (Å²) in [6.45, 7) is 2.13. The Hall–Kier alpha value is -1.96. The molecule has 2 heteroatoms. The van der Waals surface area contributed by atoms with E-state index in [1.54, 1.807) is 0 Å². The van der Waals surface area contributed by atoms with Gasteiger partial charge in [-0.2, -0.15) is 0 Å². The van der Waals surface area contributed by atoms with Crippen molar-refractivity contribution in [3.8, 4) is 0 Å². The van der Waals surface area contributed by atoms with Gasteiger partial charge in [0.1, 0.15) is 0 Å². The predicted octanol–water partition coefficient (Wildman–Crippen LogP) is 4.77. The van der Waals surface area contributed by atoms with E-state index in [4.69, 9.17) is 0 Å². The van der Waals surface area contributed by atoms with Gasteiger partial charge in [0.25, 0.3) is 0 Å². The summed E-state index contributed by atoms with van der Waals surface area (Å²) in [7, 11) is 0. The Balaban J connectivity index is 1.44. The molecule has 2 aromatic carbocycles. The van der Waals surface area contributed by atoms with Gasteiger partial charge in [0, 0.05) is 24.5 Å². The Morgan fingerprint density at radius 2 is 0.900 bits per heavy atom. The molecule has 106 valence electrons. The third-order valence-electron chi connectivity index (χ3n) is 3.31. The second-order valence-electron chi connectivity index (χ2n) is 5.00. The van der Waals surface area contributed by atoms with Crippen molar-refractivity contribution < 1.29 is 0 Å². The summed E-state index contributed by atoms with van der Waals surface area (Å²) < 4.78 is 0. The van der Waals surface area contributed by atoms with Crippen LogP contribution in [0.15, 0.2) is 60.7 Å². The first-order valence-corrected chi connectivity index (χ1v) is 7.53. The molecule has 2 rings (SSSR count). The number of anilines is 2. The van der Waals surface area contributed by atoms with Crippen LogP contribution >= 0.6 is 0 Å². The van der Waals surface area contributed by atoms with Crippen molar-refractivity contribution in [3.63, 3.8) is 0 Å². The number of hydrogen-bond donors (Lipinski definition) is 2. The molecule has 0 heterocycles. The second kappa shape index (κ2) is 9.03. The van der Waals surface area contributed by atoms with E-state index in [2.05, 4.69) is 59.2 Å². The third kappa shape index (κ3) is 5.79. The molecular weight excluding hydrogens is 244 g/mol. The first-order valence-electron chi connectivity index (χ1n) is 7.53. The van der Waals surface area contributed by atoms with Crippen LogP contribution < -0.4 is 10.6 Å². The molecule has 0 aliphatic carbocycles. The summed E-state index contributed by atoms with van der Waals surface area (Å²) in [5.41, 5.74) is 2.44. The van der Waals surface area contributed by atoms with Crippen molar-refractivity contribution in [2.75, 3.05) is 23.7 Å². The zero-order valence-corrected chi connectivity index (χ0v) is 12.0. The highest BCUT2D eigenvalue weighted by Gasteiger charge is 1.93. The number of nitrogens with one attached hydrogen (secondary N) is 2. The molecule has 0 bridgehead atoms. The molecule has 0 amide bonds. The second-order valence-corrected chi connectivity index (χ2v) is 5.00. The maximum Gasteiger partial charge on any atom is 0.0340 e. The summed E-state index contributed by atoms with van der Waals surface area (Å²) in [4.78, 5) is 0. The fraction of sp³-hybridized carbons (Fsp3) is 0.333. The van der Waals surface area contributed by atoms with Crippen LogP contribution in [0.25, 0.3) is 0 Å². The predicted molar refractivity (Wildman–Crippen MR) is 88.3 cm³/mol. The minimum absolute atomic E-state index is 1.07. The molecule has 0 spiro atoms. The smallest absolute Gasteiger partial charge is 0.0340 e. The largest absolute Gasteiger partial charge is 0.385 e. The SMILES string of the molecule is c1ccc(NCCCCCCNc2ccccc2)cc1. The van der Waals surface area contributed by atoms with Crippen LogP contribution in [0.1, 0.15) is 25.7 Å². The first kappa shape index (κ1) is 14.4. The van der Waals surface area contributed by atoms with Crippen molar-refractivity contribution in [3.05, 3.63) is 60.7 Å². The Morgan fingerprint density at radius 3 is 1.30 bits per heavy atom. The first-order chi connectivity index (χ1) is 9.95. The van der Waals surface area contributed by atoms with Crippen LogP contribution in [0.4, 0.5) is 11.4 Å². The fourth-order valence-electron chi connectivity index (χ4n) is 2.18. The van der Waals surface area contributed by atoms with E-state index in [0.717, 1.165) is 13.1 Å². The number of unbranched alkanes of at least 4 members (excludes halogenated alkanes) is 3. The molecule has 20 heavy (non-hydrogen) atoms. The summed E-state index contributed by atoms with van der Waals surface area (Å²) in [6, 6.07) is 20.8. The lowest BCUT2D eigenvalue weighted by molar-refractivity contribution is 0.670. The summed E-state index contributed by atoms with van der Waals surface area (Å²) in [5, 5.41) is 6.89. The minimum atomic E-state index is 1.07. The Kier molecular flexibility index (Phi) is 6.52. The van der Waals surface area contributed by atoms with Crippen LogP contribution in [-0.4, -0.2) is 13.1 Å². The van der Waals surface area contributed by atoms with Crippen molar-refractivity contribution >= 4 is 11.4 Å². The molecule has 0 radical (unpaired) electrons. The Bertz CT molecular complexity index is 408. The van der Waals surface area contributed by atoms with Gasteiger partial charge < -0.3 is 10.6 Å². The molecule has 2 nitrogen and oxygen atoms in total. The summed E-state index contributed by atoms with van der Waals surface area (Å²) >= 11 is 0. The van der Waals surface area contributed by atoms with E-state index >= 15 is 0 Å². The quantitative estimate of drug-likeness (QED) is 0.640. The van der Waals surface area contributed by atoms with Crippen molar-refractivity contribution in [2.24, 2.45) is 0 Å². The average molecular weight is 268 g/mol. The molecule has 0 saturated carbocycles. The molecular formula is C18H24N2.